The number of H-pyrrole nitrogens is 1. The molecular weight excluding hydrogens is 351 g/mol. The zero-order valence-electron chi connectivity index (χ0n) is 14.5. The molecule has 27 heavy (non-hydrogen) atoms. The van der Waals surface area contributed by atoms with Gasteiger partial charge in [-0.3, -0.25) is 4.79 Å². The van der Waals surface area contributed by atoms with Gasteiger partial charge in [0, 0.05) is 6.20 Å². The van der Waals surface area contributed by atoms with Crippen molar-refractivity contribution in [3.8, 4) is 5.75 Å². The van der Waals surface area contributed by atoms with Gasteiger partial charge in [-0.05, 0) is 24.3 Å². The lowest BCUT2D eigenvalue weighted by molar-refractivity contribution is -0.132. The van der Waals surface area contributed by atoms with Crippen LogP contribution in [0.15, 0.2) is 48.7 Å². The zero-order valence-corrected chi connectivity index (χ0v) is 14.5. The molecule has 2 atom stereocenters. The molecule has 1 saturated heterocycles. The number of carbonyl (C=O) groups is 1. The molecule has 7 nitrogen and oxygen atoms in total. The smallest absolute Gasteiger partial charge is 0.260 e. The molecule has 1 aliphatic rings. The van der Waals surface area contributed by atoms with E-state index in [-0.39, 0.29) is 32.2 Å². The first kappa shape index (κ1) is 17.4. The fourth-order valence-electron chi connectivity index (χ4n) is 3.00. The van der Waals surface area contributed by atoms with Crippen LogP contribution in [0, 0.1) is 0 Å². The summed E-state index contributed by atoms with van der Waals surface area (Å²) in [7, 11) is 0. The number of hydrogen-bond acceptors (Lipinski definition) is 5. The molecular formula is C19H19FN4O3. The third-order valence-electron chi connectivity index (χ3n) is 4.40. The lowest BCUT2D eigenvalue weighted by atomic mass is 10.3. The van der Waals surface area contributed by atoms with Crippen molar-refractivity contribution in [2.75, 3.05) is 19.7 Å². The van der Waals surface area contributed by atoms with E-state index < -0.39 is 12.3 Å². The summed E-state index contributed by atoms with van der Waals surface area (Å²) in [6, 6.07) is 12.7. The number of pyridine rings is 1. The highest BCUT2D eigenvalue weighted by Gasteiger charge is 2.36. The summed E-state index contributed by atoms with van der Waals surface area (Å²) in [4.78, 5) is 25.2. The predicted molar refractivity (Wildman–Crippen MR) is 95.9 cm³/mol. The maximum absolute atomic E-state index is 14.3. The number of para-hydroxylation sites is 1. The van der Waals surface area contributed by atoms with Crippen molar-refractivity contribution in [3.05, 3.63) is 54.5 Å². The number of carbonyl (C=O) groups excluding carboxylic acids is 1. The van der Waals surface area contributed by atoms with E-state index in [2.05, 4.69) is 15.0 Å². The molecule has 2 aromatic heterocycles. The molecule has 3 aromatic rings. The average Bonchev–Trinajstić information content (AvgIpc) is 3.28. The van der Waals surface area contributed by atoms with Crippen molar-refractivity contribution in [1.29, 1.82) is 0 Å². The van der Waals surface area contributed by atoms with Gasteiger partial charge in [0.15, 0.2) is 12.3 Å². The molecule has 8 heteroatoms. The van der Waals surface area contributed by atoms with E-state index in [1.54, 1.807) is 24.4 Å². The summed E-state index contributed by atoms with van der Waals surface area (Å²) in [6.45, 7) is 0.197. The van der Waals surface area contributed by atoms with Crippen molar-refractivity contribution < 1.29 is 18.7 Å². The van der Waals surface area contributed by atoms with Crippen LogP contribution in [0.3, 0.4) is 0 Å². The van der Waals surface area contributed by atoms with Crippen LogP contribution in [0.5, 0.6) is 5.75 Å². The average molecular weight is 370 g/mol. The Hall–Kier alpha value is -3.00. The molecule has 4 rings (SSSR count). The number of ether oxygens (including phenoxy) is 2. The van der Waals surface area contributed by atoms with Crippen molar-refractivity contribution in [2.45, 2.75) is 18.9 Å². The summed E-state index contributed by atoms with van der Waals surface area (Å²) in [5.74, 6) is 0.918. The minimum atomic E-state index is -1.24. The molecule has 1 fully saturated rings. The largest absolute Gasteiger partial charge is 0.484 e. The topological polar surface area (TPSA) is 80.3 Å². The Labute approximate surface area is 155 Å². The fourth-order valence-corrected chi connectivity index (χ4v) is 3.00. The standard InChI is InChI=1S/C19H19FN4O3/c20-14-9-24(18(25)12-26-13-5-2-1-3-6-13)10-16(14)27-11-17-22-15-7-4-8-21-19(15)23-17/h1-8,14,16H,9-12H2,(H,21,22,23). The summed E-state index contributed by atoms with van der Waals surface area (Å²) < 4.78 is 25.3. The normalized spacial score (nSPS) is 19.5. The van der Waals surface area contributed by atoms with Gasteiger partial charge in [0.05, 0.1) is 18.6 Å². The van der Waals surface area contributed by atoms with Crippen LogP contribution in [-0.4, -0.2) is 57.7 Å². The van der Waals surface area contributed by atoms with Crippen LogP contribution in [0.4, 0.5) is 4.39 Å². The van der Waals surface area contributed by atoms with Gasteiger partial charge in [0.1, 0.15) is 30.5 Å². The lowest BCUT2D eigenvalue weighted by Gasteiger charge is -2.16. The second-order valence-corrected chi connectivity index (χ2v) is 6.32. The molecule has 3 heterocycles. The number of likely N-dealkylation sites (tertiary alicyclic amines) is 1. The number of nitrogens with zero attached hydrogens (tertiary/aromatic N) is 3. The first-order valence-corrected chi connectivity index (χ1v) is 8.70. The van der Waals surface area contributed by atoms with Gasteiger partial charge >= 0.3 is 0 Å². The van der Waals surface area contributed by atoms with Gasteiger partial charge < -0.3 is 19.4 Å². The molecule has 0 radical (unpaired) electrons. The second kappa shape index (κ2) is 7.71. The summed E-state index contributed by atoms with van der Waals surface area (Å²) in [6.07, 6.45) is -0.274. The van der Waals surface area contributed by atoms with Crippen LogP contribution in [-0.2, 0) is 16.1 Å². The van der Waals surface area contributed by atoms with E-state index in [0.717, 1.165) is 5.52 Å². The molecule has 2 unspecified atom stereocenters. The molecule has 0 saturated carbocycles. The third kappa shape index (κ3) is 4.06. The van der Waals surface area contributed by atoms with Crippen molar-refractivity contribution in [3.63, 3.8) is 0 Å². The van der Waals surface area contributed by atoms with Crippen LogP contribution < -0.4 is 4.74 Å². The number of halogens is 1. The van der Waals surface area contributed by atoms with Gasteiger partial charge in [-0.25, -0.2) is 14.4 Å². The molecule has 0 aliphatic carbocycles. The second-order valence-electron chi connectivity index (χ2n) is 6.32. The monoisotopic (exact) mass is 370 g/mol. The number of rotatable bonds is 6. The van der Waals surface area contributed by atoms with Gasteiger partial charge in [-0.15, -0.1) is 0 Å². The van der Waals surface area contributed by atoms with Crippen LogP contribution in [0.1, 0.15) is 5.82 Å². The molecule has 1 aromatic carbocycles. The Kier molecular flexibility index (Phi) is 4.97. The van der Waals surface area contributed by atoms with Crippen molar-refractivity contribution in [1.82, 2.24) is 19.9 Å². The molecule has 140 valence electrons. The maximum atomic E-state index is 14.3. The van der Waals surface area contributed by atoms with E-state index in [1.807, 2.05) is 24.3 Å². The van der Waals surface area contributed by atoms with E-state index in [9.17, 15) is 9.18 Å². The van der Waals surface area contributed by atoms with Gasteiger partial charge in [0.25, 0.3) is 5.91 Å². The van der Waals surface area contributed by atoms with Crippen LogP contribution >= 0.6 is 0 Å². The molecule has 1 aliphatic heterocycles. The first-order chi connectivity index (χ1) is 13.2. The Morgan fingerprint density at radius 1 is 1.22 bits per heavy atom. The number of aromatic amines is 1. The Bertz CT molecular complexity index is 884. The molecule has 0 spiro atoms. The zero-order chi connectivity index (χ0) is 18.6. The number of alkyl halides is 1. The molecule has 1 N–H and O–H groups in total. The van der Waals surface area contributed by atoms with E-state index >= 15 is 0 Å². The first-order valence-electron chi connectivity index (χ1n) is 8.70. The van der Waals surface area contributed by atoms with Gasteiger partial charge in [-0.2, -0.15) is 0 Å². The fraction of sp³-hybridized carbons (Fsp3) is 0.316. The molecule has 0 bridgehead atoms. The Balaban J connectivity index is 1.29. The number of hydrogen-bond donors (Lipinski definition) is 1. The summed E-state index contributed by atoms with van der Waals surface area (Å²) in [5.41, 5.74) is 1.39. The summed E-state index contributed by atoms with van der Waals surface area (Å²) >= 11 is 0. The van der Waals surface area contributed by atoms with Crippen molar-refractivity contribution in [2.24, 2.45) is 0 Å². The number of benzene rings is 1. The van der Waals surface area contributed by atoms with Gasteiger partial charge in [0.2, 0.25) is 0 Å². The van der Waals surface area contributed by atoms with E-state index in [1.165, 1.54) is 4.90 Å². The number of amides is 1. The van der Waals surface area contributed by atoms with Gasteiger partial charge in [-0.1, -0.05) is 18.2 Å². The Morgan fingerprint density at radius 3 is 2.89 bits per heavy atom. The highest BCUT2D eigenvalue weighted by Crippen LogP contribution is 2.19. The van der Waals surface area contributed by atoms with E-state index in [0.29, 0.717) is 17.2 Å². The van der Waals surface area contributed by atoms with Crippen molar-refractivity contribution >= 4 is 17.1 Å². The highest BCUT2D eigenvalue weighted by atomic mass is 19.1. The SMILES string of the molecule is O=C(COc1ccccc1)N1CC(F)C(OCc2nc3ncccc3[nH]2)C1. The predicted octanol–water partition coefficient (Wildman–Crippen LogP) is 2.10. The number of aromatic nitrogens is 3. The number of fused-ring (bicyclic) bond motifs is 1. The van der Waals surface area contributed by atoms with Crippen LogP contribution in [0.2, 0.25) is 0 Å². The molecule has 1 amide bonds. The minimum Gasteiger partial charge on any atom is -0.484 e. The Morgan fingerprint density at radius 2 is 2.07 bits per heavy atom. The third-order valence-corrected chi connectivity index (χ3v) is 4.40. The quantitative estimate of drug-likeness (QED) is 0.719. The van der Waals surface area contributed by atoms with Crippen LogP contribution in [0.25, 0.3) is 11.2 Å². The number of nitrogens with one attached hydrogen (secondary N) is 1. The van der Waals surface area contributed by atoms with E-state index in [4.69, 9.17) is 9.47 Å². The lowest BCUT2D eigenvalue weighted by Crippen LogP contribution is -2.34. The maximum Gasteiger partial charge on any atom is 0.260 e. The number of imidazole rings is 1. The minimum absolute atomic E-state index is 0.00331. The highest BCUT2D eigenvalue weighted by molar-refractivity contribution is 5.78. The summed E-state index contributed by atoms with van der Waals surface area (Å²) in [5, 5.41) is 0.